The molecule has 0 radical (unpaired) electrons. The van der Waals surface area contributed by atoms with Gasteiger partial charge in [-0.15, -0.1) is 0 Å². The summed E-state index contributed by atoms with van der Waals surface area (Å²) < 4.78 is 62.7. The van der Waals surface area contributed by atoms with Crippen LogP contribution >= 0.6 is 0 Å². The van der Waals surface area contributed by atoms with Gasteiger partial charge < -0.3 is 19.3 Å². The van der Waals surface area contributed by atoms with E-state index in [0.717, 1.165) is 6.07 Å². The number of rotatable bonds is 8. The average molecular weight is 555 g/mol. The Hall–Kier alpha value is -3.52. The molecule has 1 saturated carbocycles. The van der Waals surface area contributed by atoms with Crippen molar-refractivity contribution in [2.45, 2.75) is 58.2 Å². The number of hydrogen-bond acceptors (Lipinski definition) is 4. The lowest BCUT2D eigenvalue weighted by Gasteiger charge is -2.32. The summed E-state index contributed by atoms with van der Waals surface area (Å²) >= 11 is 0. The van der Waals surface area contributed by atoms with Crippen LogP contribution in [0.15, 0.2) is 42.5 Å². The number of hydrogen-bond donors (Lipinski definition) is 1. The number of ether oxygens (including phenoxy) is 3. The molecule has 0 heterocycles. The molecule has 3 atom stereocenters. The summed E-state index contributed by atoms with van der Waals surface area (Å²) in [6, 6.07) is 10.9. The monoisotopic (exact) mass is 554 g/mol. The number of methoxy groups -OCH3 is 2. The van der Waals surface area contributed by atoms with Crippen LogP contribution in [0.2, 0.25) is 0 Å². The van der Waals surface area contributed by atoms with Crippen molar-refractivity contribution in [2.75, 3.05) is 14.2 Å². The SMILES string of the molecule is COc1ccc(F)c(-c2ccc(COc3cc(F)c4c(c3F)[C@@]3(CC4)CC3C(=O)O)cc2[C@H](OC)C(C)(C)C)c1. The molecule has 8 heteroatoms. The minimum absolute atomic E-state index is 0.0844. The molecule has 1 spiro atoms. The van der Waals surface area contributed by atoms with E-state index >= 15 is 8.78 Å². The zero-order valence-electron chi connectivity index (χ0n) is 23.2. The predicted molar refractivity (Wildman–Crippen MR) is 144 cm³/mol. The largest absolute Gasteiger partial charge is 0.497 e. The Morgan fingerprint density at radius 1 is 1.05 bits per heavy atom. The molecule has 1 fully saturated rings. The van der Waals surface area contributed by atoms with Gasteiger partial charge in [-0.1, -0.05) is 32.9 Å². The Balaban J connectivity index is 1.51. The van der Waals surface area contributed by atoms with Gasteiger partial charge in [-0.05, 0) is 71.2 Å². The quantitative estimate of drug-likeness (QED) is 0.315. The van der Waals surface area contributed by atoms with Gasteiger partial charge >= 0.3 is 5.97 Å². The van der Waals surface area contributed by atoms with E-state index in [1.54, 1.807) is 31.4 Å². The Bertz CT molecular complexity index is 1480. The van der Waals surface area contributed by atoms with Crippen molar-refractivity contribution in [3.05, 3.63) is 82.2 Å². The van der Waals surface area contributed by atoms with E-state index in [1.165, 1.54) is 13.2 Å². The first-order valence-corrected chi connectivity index (χ1v) is 13.3. The fourth-order valence-electron chi connectivity index (χ4n) is 6.27. The lowest BCUT2D eigenvalue weighted by atomic mass is 9.81. The van der Waals surface area contributed by atoms with Gasteiger partial charge in [0.25, 0.3) is 0 Å². The molecule has 5 nitrogen and oxygen atoms in total. The average Bonchev–Trinajstić information content (AvgIpc) is 3.50. The van der Waals surface area contributed by atoms with Gasteiger partial charge in [0.1, 0.15) is 24.0 Å². The van der Waals surface area contributed by atoms with Crippen LogP contribution in [0.1, 0.15) is 62.0 Å². The van der Waals surface area contributed by atoms with Crippen molar-refractivity contribution in [1.82, 2.24) is 0 Å². The molecule has 2 aliphatic carbocycles. The van der Waals surface area contributed by atoms with Crippen LogP contribution in [0, 0.1) is 28.8 Å². The Morgan fingerprint density at radius 2 is 1.80 bits per heavy atom. The molecule has 0 bridgehead atoms. The number of aliphatic carboxylic acids is 1. The summed E-state index contributed by atoms with van der Waals surface area (Å²) in [6.07, 6.45) is 0.586. The topological polar surface area (TPSA) is 65.0 Å². The van der Waals surface area contributed by atoms with Crippen LogP contribution in [0.5, 0.6) is 11.5 Å². The first kappa shape index (κ1) is 28.0. The zero-order chi connectivity index (χ0) is 29.0. The highest BCUT2D eigenvalue weighted by atomic mass is 19.1. The molecule has 2 aliphatic rings. The Kier molecular flexibility index (Phi) is 7.11. The number of carboxylic acid groups (broad SMARTS) is 1. The summed E-state index contributed by atoms with van der Waals surface area (Å²) in [5.74, 6) is -3.16. The van der Waals surface area contributed by atoms with E-state index in [-0.39, 0.29) is 28.9 Å². The van der Waals surface area contributed by atoms with Gasteiger partial charge in [-0.2, -0.15) is 0 Å². The number of fused-ring (bicyclic) bond motifs is 2. The van der Waals surface area contributed by atoms with Gasteiger partial charge in [0, 0.05) is 29.7 Å². The lowest BCUT2D eigenvalue weighted by Crippen LogP contribution is -2.21. The first-order chi connectivity index (χ1) is 18.9. The van der Waals surface area contributed by atoms with Gasteiger partial charge in [-0.3, -0.25) is 4.79 Å². The zero-order valence-corrected chi connectivity index (χ0v) is 23.2. The molecule has 212 valence electrons. The third-order valence-electron chi connectivity index (χ3n) is 8.25. The molecular weight excluding hydrogens is 521 g/mol. The van der Waals surface area contributed by atoms with Crippen LogP contribution in [-0.4, -0.2) is 25.3 Å². The van der Waals surface area contributed by atoms with Crippen LogP contribution in [-0.2, 0) is 28.0 Å². The van der Waals surface area contributed by atoms with E-state index < -0.39 is 40.9 Å². The van der Waals surface area contributed by atoms with E-state index in [4.69, 9.17) is 14.2 Å². The summed E-state index contributed by atoms with van der Waals surface area (Å²) in [7, 11) is 3.10. The highest BCUT2D eigenvalue weighted by molar-refractivity contribution is 5.78. The fourth-order valence-corrected chi connectivity index (χ4v) is 6.27. The Morgan fingerprint density at radius 3 is 2.42 bits per heavy atom. The summed E-state index contributed by atoms with van der Waals surface area (Å²) in [4.78, 5) is 11.6. The maximum atomic E-state index is 15.7. The number of halogens is 3. The smallest absolute Gasteiger partial charge is 0.307 e. The van der Waals surface area contributed by atoms with Crippen molar-refractivity contribution in [3.8, 4) is 22.6 Å². The Labute approximate surface area is 231 Å². The van der Waals surface area contributed by atoms with E-state index in [1.807, 2.05) is 26.8 Å². The number of carbonyl (C=O) groups is 1. The molecule has 1 N–H and O–H groups in total. The third kappa shape index (κ3) is 4.72. The van der Waals surface area contributed by atoms with Crippen molar-refractivity contribution in [3.63, 3.8) is 0 Å². The van der Waals surface area contributed by atoms with Crippen LogP contribution < -0.4 is 9.47 Å². The van der Waals surface area contributed by atoms with Gasteiger partial charge in [0.05, 0.1) is 19.1 Å². The second-order valence-corrected chi connectivity index (χ2v) is 11.8. The van der Waals surface area contributed by atoms with Crippen molar-refractivity contribution < 1.29 is 37.3 Å². The summed E-state index contributed by atoms with van der Waals surface area (Å²) in [6.45, 7) is 5.95. The fraction of sp³-hybridized carbons (Fsp3) is 0.406. The molecule has 0 saturated heterocycles. The molecule has 3 aromatic rings. The second kappa shape index (κ2) is 10.1. The highest BCUT2D eigenvalue weighted by Gasteiger charge is 2.63. The standard InChI is InChI=1S/C32H33F3O5/c1-31(2,3)29(39-5)22-12-17(6-8-19(22)21-13-18(38-4)7-9-24(21)33)16-40-26-14-25(34)20-10-11-32(27(20)28(26)35)15-23(32)30(36)37/h6-9,12-14,23,29H,10-11,15-16H2,1-5H3,(H,36,37)/t23?,29-,32-/m0/s1. The van der Waals surface area contributed by atoms with E-state index in [2.05, 4.69) is 0 Å². The molecular formula is C32H33F3O5. The molecule has 5 rings (SSSR count). The molecule has 3 aromatic carbocycles. The second-order valence-electron chi connectivity index (χ2n) is 11.8. The van der Waals surface area contributed by atoms with Crippen molar-refractivity contribution in [1.29, 1.82) is 0 Å². The number of carboxylic acids is 1. The molecule has 40 heavy (non-hydrogen) atoms. The van der Waals surface area contributed by atoms with Gasteiger partial charge in [-0.25, -0.2) is 13.2 Å². The normalized spacial score (nSPS) is 20.4. The van der Waals surface area contributed by atoms with E-state index in [0.29, 0.717) is 47.3 Å². The molecule has 0 amide bonds. The van der Waals surface area contributed by atoms with Crippen LogP contribution in [0.25, 0.3) is 11.1 Å². The van der Waals surface area contributed by atoms with Crippen LogP contribution in [0.3, 0.4) is 0 Å². The summed E-state index contributed by atoms with van der Waals surface area (Å²) in [5.41, 5.74) is 1.50. The predicted octanol–water partition coefficient (Wildman–Crippen LogP) is 7.38. The maximum absolute atomic E-state index is 15.7. The summed E-state index contributed by atoms with van der Waals surface area (Å²) in [5, 5.41) is 9.50. The highest BCUT2D eigenvalue weighted by Crippen LogP contribution is 2.63. The first-order valence-electron chi connectivity index (χ1n) is 13.3. The van der Waals surface area contributed by atoms with Gasteiger partial charge in [0.15, 0.2) is 11.6 Å². The van der Waals surface area contributed by atoms with E-state index in [9.17, 15) is 14.3 Å². The molecule has 0 aliphatic heterocycles. The van der Waals surface area contributed by atoms with Gasteiger partial charge in [0.2, 0.25) is 0 Å². The van der Waals surface area contributed by atoms with Crippen LogP contribution in [0.4, 0.5) is 13.2 Å². The minimum Gasteiger partial charge on any atom is -0.497 e. The lowest BCUT2D eigenvalue weighted by molar-refractivity contribution is -0.139. The maximum Gasteiger partial charge on any atom is 0.307 e. The van der Waals surface area contributed by atoms with Crippen molar-refractivity contribution in [2.24, 2.45) is 11.3 Å². The number of benzene rings is 3. The van der Waals surface area contributed by atoms with Crippen molar-refractivity contribution >= 4 is 5.97 Å². The molecule has 1 unspecified atom stereocenters. The minimum atomic E-state index is -0.995. The third-order valence-corrected chi connectivity index (χ3v) is 8.25. The molecule has 0 aromatic heterocycles.